The van der Waals surface area contributed by atoms with Crippen molar-refractivity contribution in [1.29, 1.82) is 0 Å². The van der Waals surface area contributed by atoms with Crippen LogP contribution >= 0.6 is 0 Å². The maximum atomic E-state index is 7.89. The molecule has 52 valence electrons. The van der Waals surface area contributed by atoms with Crippen LogP contribution in [0.2, 0.25) is 0 Å². The van der Waals surface area contributed by atoms with Crippen LogP contribution in [0.1, 0.15) is 0 Å². The standard InChI is InChI=1S/C3H9N.C2H7NO/c1-4(2)3;1-3(2)4/h1-3H3;4H,1-2H3. The van der Waals surface area contributed by atoms with Gasteiger partial charge in [0.15, 0.2) is 0 Å². The van der Waals surface area contributed by atoms with Gasteiger partial charge in [0.25, 0.3) is 0 Å². The van der Waals surface area contributed by atoms with Gasteiger partial charge in [0.1, 0.15) is 0 Å². The van der Waals surface area contributed by atoms with Crippen LogP contribution in [0.15, 0.2) is 0 Å². The summed E-state index contributed by atoms with van der Waals surface area (Å²) in [7, 11) is 9.11. The third-order valence-electron chi connectivity index (χ3n) is 0. The van der Waals surface area contributed by atoms with Crippen molar-refractivity contribution in [3.63, 3.8) is 0 Å². The third kappa shape index (κ3) is 9720. The van der Waals surface area contributed by atoms with Crippen molar-refractivity contribution in [2.75, 3.05) is 35.2 Å². The smallest absolute Gasteiger partial charge is 0.0121 e. The van der Waals surface area contributed by atoms with E-state index >= 15 is 0 Å². The van der Waals surface area contributed by atoms with E-state index in [9.17, 15) is 0 Å². The summed E-state index contributed by atoms with van der Waals surface area (Å²) in [5, 5.41) is 8.89. The minimum absolute atomic E-state index is 1.00. The lowest BCUT2D eigenvalue weighted by Crippen LogP contribution is -2.01. The highest BCUT2D eigenvalue weighted by Gasteiger charge is 1.59. The number of rotatable bonds is 0. The third-order valence-corrected chi connectivity index (χ3v) is 0. The highest BCUT2D eigenvalue weighted by atomic mass is 16.5. The van der Waals surface area contributed by atoms with Crippen LogP contribution in [0.4, 0.5) is 0 Å². The van der Waals surface area contributed by atoms with Gasteiger partial charge in [-0.15, -0.1) is 0 Å². The summed E-state index contributed by atoms with van der Waals surface area (Å²) in [6.45, 7) is 0. The molecule has 0 aromatic heterocycles. The Morgan fingerprint density at radius 1 is 0.875 bits per heavy atom. The highest BCUT2D eigenvalue weighted by molar-refractivity contribution is 4.09. The number of hydroxylamine groups is 2. The Hall–Kier alpha value is -0.120. The quantitative estimate of drug-likeness (QED) is 0.460. The van der Waals surface area contributed by atoms with Gasteiger partial charge in [-0.3, -0.25) is 0 Å². The van der Waals surface area contributed by atoms with Crippen molar-refractivity contribution in [3.8, 4) is 0 Å². The second-order valence-corrected chi connectivity index (χ2v) is 2.19. The van der Waals surface area contributed by atoms with E-state index in [1.54, 1.807) is 14.1 Å². The van der Waals surface area contributed by atoms with Gasteiger partial charge in [-0.25, -0.2) is 0 Å². The Kier molecular flexibility index (Phi) is 9.28. The lowest BCUT2D eigenvalue weighted by atomic mass is 11.0. The molecule has 0 aromatic rings. The summed E-state index contributed by atoms with van der Waals surface area (Å²) >= 11 is 0. The van der Waals surface area contributed by atoms with Crippen molar-refractivity contribution in [3.05, 3.63) is 0 Å². The van der Waals surface area contributed by atoms with Crippen LogP contribution in [0.3, 0.4) is 0 Å². The van der Waals surface area contributed by atoms with Gasteiger partial charge >= 0.3 is 0 Å². The van der Waals surface area contributed by atoms with E-state index in [1.165, 1.54) is 0 Å². The molecular weight excluding hydrogens is 104 g/mol. The monoisotopic (exact) mass is 120 g/mol. The molecule has 0 amide bonds. The average Bonchev–Trinajstić information content (AvgIpc) is 1.25. The Labute approximate surface area is 51.5 Å². The van der Waals surface area contributed by atoms with E-state index in [-0.39, 0.29) is 0 Å². The van der Waals surface area contributed by atoms with Crippen molar-refractivity contribution in [2.45, 2.75) is 0 Å². The Morgan fingerprint density at radius 3 is 0.875 bits per heavy atom. The number of hydrogen-bond acceptors (Lipinski definition) is 3. The summed E-state index contributed by atoms with van der Waals surface area (Å²) in [6, 6.07) is 0. The zero-order valence-electron chi connectivity index (χ0n) is 6.34. The second kappa shape index (κ2) is 6.88. The van der Waals surface area contributed by atoms with Gasteiger partial charge < -0.3 is 10.1 Å². The van der Waals surface area contributed by atoms with Crippen LogP contribution in [0.25, 0.3) is 0 Å². The van der Waals surface area contributed by atoms with Gasteiger partial charge in [-0.2, -0.15) is 5.06 Å². The zero-order chi connectivity index (χ0) is 7.15. The first-order valence-electron chi connectivity index (χ1n) is 2.44. The Bertz CT molecular complexity index is 25.9. The molecule has 3 nitrogen and oxygen atoms in total. The largest absolute Gasteiger partial charge is 0.315 e. The van der Waals surface area contributed by atoms with Crippen molar-refractivity contribution >= 4 is 0 Å². The van der Waals surface area contributed by atoms with Crippen molar-refractivity contribution in [1.82, 2.24) is 9.96 Å². The molecule has 0 spiro atoms. The number of nitrogens with zero attached hydrogens (tertiary/aromatic N) is 2. The zero-order valence-corrected chi connectivity index (χ0v) is 6.34. The van der Waals surface area contributed by atoms with E-state index in [1.807, 2.05) is 26.0 Å². The van der Waals surface area contributed by atoms with Gasteiger partial charge in [-0.05, 0) is 21.1 Å². The van der Waals surface area contributed by atoms with Gasteiger partial charge in [0.05, 0.1) is 0 Å². The van der Waals surface area contributed by atoms with Gasteiger partial charge in [0, 0.05) is 14.1 Å². The molecule has 0 saturated carbocycles. The molecule has 1 N–H and O–H groups in total. The summed E-state index contributed by atoms with van der Waals surface area (Å²) in [6.07, 6.45) is 0. The number of hydrogen-bond donors (Lipinski definition) is 1. The van der Waals surface area contributed by atoms with Crippen LogP contribution in [0.5, 0.6) is 0 Å². The molecule has 0 atom stereocenters. The fraction of sp³-hybridized carbons (Fsp3) is 1.00. The van der Waals surface area contributed by atoms with E-state index < -0.39 is 0 Å². The van der Waals surface area contributed by atoms with Crippen LogP contribution in [-0.4, -0.2) is 50.4 Å². The fourth-order valence-electron chi connectivity index (χ4n) is 0. The molecular formula is C5H16N2O. The average molecular weight is 120 g/mol. The molecule has 0 aliphatic carbocycles. The molecule has 0 fully saturated rings. The van der Waals surface area contributed by atoms with Gasteiger partial charge in [0.2, 0.25) is 0 Å². The van der Waals surface area contributed by atoms with Crippen LogP contribution in [-0.2, 0) is 0 Å². The summed E-state index contributed by atoms with van der Waals surface area (Å²) in [4.78, 5) is 2.00. The first kappa shape index (κ1) is 10.8. The molecule has 0 radical (unpaired) electrons. The molecule has 0 bridgehead atoms. The first-order valence-corrected chi connectivity index (χ1v) is 2.44. The predicted molar refractivity (Wildman–Crippen MR) is 35.1 cm³/mol. The summed E-state index contributed by atoms with van der Waals surface area (Å²) < 4.78 is 0. The maximum Gasteiger partial charge on any atom is 0.0121 e. The van der Waals surface area contributed by atoms with Crippen LogP contribution < -0.4 is 0 Å². The van der Waals surface area contributed by atoms with Crippen molar-refractivity contribution in [2.24, 2.45) is 0 Å². The molecule has 0 unspecified atom stereocenters. The lowest BCUT2D eigenvalue weighted by molar-refractivity contribution is -0.0372. The molecule has 8 heavy (non-hydrogen) atoms. The summed E-state index contributed by atoms with van der Waals surface area (Å²) in [5.41, 5.74) is 0. The van der Waals surface area contributed by atoms with Crippen molar-refractivity contribution < 1.29 is 5.21 Å². The second-order valence-electron chi connectivity index (χ2n) is 2.19. The van der Waals surface area contributed by atoms with E-state index in [0.29, 0.717) is 0 Å². The van der Waals surface area contributed by atoms with E-state index in [0.717, 1.165) is 5.06 Å². The molecule has 0 aromatic carbocycles. The molecule has 3 heteroatoms. The lowest BCUT2D eigenvalue weighted by Gasteiger charge is -1.90. The molecule has 0 heterocycles. The van der Waals surface area contributed by atoms with E-state index in [2.05, 4.69) is 0 Å². The summed E-state index contributed by atoms with van der Waals surface area (Å²) in [5.74, 6) is 0. The minimum Gasteiger partial charge on any atom is -0.315 e. The van der Waals surface area contributed by atoms with Gasteiger partial charge in [-0.1, -0.05) is 0 Å². The maximum absolute atomic E-state index is 7.89. The molecule has 0 aliphatic heterocycles. The predicted octanol–water partition coefficient (Wildman–Crippen LogP) is 0.115. The van der Waals surface area contributed by atoms with Crippen LogP contribution in [0, 0.1) is 0 Å². The molecule has 0 rings (SSSR count). The topological polar surface area (TPSA) is 26.7 Å². The molecule has 0 saturated heterocycles. The molecule has 0 aliphatic rings. The Morgan fingerprint density at radius 2 is 0.875 bits per heavy atom. The Balaban J connectivity index is 0. The normalized spacial score (nSPS) is 9.00. The first-order chi connectivity index (χ1) is 3.46. The SMILES string of the molecule is CN(C)C.CN(C)O. The fourth-order valence-corrected chi connectivity index (χ4v) is 0. The minimum atomic E-state index is 1.00. The highest BCUT2D eigenvalue weighted by Crippen LogP contribution is 1.47. The van der Waals surface area contributed by atoms with E-state index in [4.69, 9.17) is 5.21 Å².